The molecule has 0 spiro atoms. The Morgan fingerprint density at radius 2 is 2.00 bits per heavy atom. The van der Waals surface area contributed by atoms with Crippen molar-refractivity contribution >= 4 is 29.8 Å². The third-order valence-corrected chi connectivity index (χ3v) is 3.84. The number of rotatable bonds is 4. The molecule has 1 atom stereocenters. The molecule has 22 heavy (non-hydrogen) atoms. The van der Waals surface area contributed by atoms with E-state index in [1.165, 1.54) is 6.20 Å². The van der Waals surface area contributed by atoms with Crippen LogP contribution in [0.15, 0.2) is 30.5 Å². The highest BCUT2D eigenvalue weighted by Crippen LogP contribution is 2.43. The lowest BCUT2D eigenvalue weighted by Gasteiger charge is -2.16. The molecule has 4 nitrogen and oxygen atoms in total. The maximum Gasteiger partial charge on any atom is 0.182 e. The van der Waals surface area contributed by atoms with Gasteiger partial charge in [0.2, 0.25) is 0 Å². The summed E-state index contributed by atoms with van der Waals surface area (Å²) in [5.74, 6) is 0.517. The molecule has 1 saturated carbocycles. The third-order valence-electron chi connectivity index (χ3n) is 3.55. The number of hydrogen-bond acceptors (Lipinski definition) is 4. The number of nitrogens with two attached hydrogens (primary N) is 2. The molecule has 0 saturated heterocycles. The van der Waals surface area contributed by atoms with Crippen LogP contribution in [-0.2, 0) is 0 Å². The Labute approximate surface area is 139 Å². The monoisotopic (exact) mass is 343 g/mol. The van der Waals surface area contributed by atoms with Gasteiger partial charge >= 0.3 is 0 Å². The molecule has 1 aromatic heterocycles. The number of benzene rings is 1. The Morgan fingerprint density at radius 1 is 1.27 bits per heavy atom. The SMILES string of the molecule is Cl.Nc1ccc(Oc2c(Cl)ccc([C@H](N)C3CC3)c2F)cn1. The molecule has 3 rings (SSSR count). The first-order chi connectivity index (χ1) is 10.1. The van der Waals surface area contributed by atoms with Gasteiger partial charge in [-0.2, -0.15) is 0 Å². The van der Waals surface area contributed by atoms with Crippen molar-refractivity contribution in [2.45, 2.75) is 18.9 Å². The predicted octanol–water partition coefficient (Wildman–Crippen LogP) is 4.08. The molecule has 2 aromatic rings. The van der Waals surface area contributed by atoms with Gasteiger partial charge in [-0.1, -0.05) is 17.7 Å². The van der Waals surface area contributed by atoms with Gasteiger partial charge in [0.05, 0.1) is 11.2 Å². The van der Waals surface area contributed by atoms with Crippen LogP contribution in [0.5, 0.6) is 11.5 Å². The minimum atomic E-state index is -0.515. The molecule has 0 radical (unpaired) electrons. The number of ether oxygens (including phenoxy) is 1. The first kappa shape index (κ1) is 16.8. The van der Waals surface area contributed by atoms with Crippen LogP contribution in [0.2, 0.25) is 5.02 Å². The van der Waals surface area contributed by atoms with Gasteiger partial charge in [-0.05, 0) is 37.0 Å². The fourth-order valence-corrected chi connectivity index (χ4v) is 2.36. The number of nitrogens with zero attached hydrogens (tertiary/aromatic N) is 1. The summed E-state index contributed by atoms with van der Waals surface area (Å²) in [6.07, 6.45) is 3.47. The van der Waals surface area contributed by atoms with Gasteiger partial charge < -0.3 is 16.2 Å². The Bertz CT molecular complexity index is 663. The second-order valence-corrected chi connectivity index (χ2v) is 5.57. The molecule has 0 amide bonds. The van der Waals surface area contributed by atoms with Gasteiger partial charge in [-0.15, -0.1) is 12.4 Å². The summed E-state index contributed by atoms with van der Waals surface area (Å²) in [6, 6.07) is 6.07. The topological polar surface area (TPSA) is 74.2 Å². The van der Waals surface area contributed by atoms with E-state index in [9.17, 15) is 4.39 Å². The van der Waals surface area contributed by atoms with Crippen molar-refractivity contribution in [1.29, 1.82) is 0 Å². The van der Waals surface area contributed by atoms with Crippen LogP contribution in [0.3, 0.4) is 0 Å². The lowest BCUT2D eigenvalue weighted by atomic mass is 10.0. The average Bonchev–Trinajstić information content (AvgIpc) is 3.29. The van der Waals surface area contributed by atoms with Crippen molar-refractivity contribution in [1.82, 2.24) is 4.98 Å². The van der Waals surface area contributed by atoms with Crippen LogP contribution in [0.1, 0.15) is 24.4 Å². The molecule has 1 fully saturated rings. The van der Waals surface area contributed by atoms with Crippen LogP contribution >= 0.6 is 24.0 Å². The fraction of sp³-hybridized carbons (Fsp3) is 0.267. The lowest BCUT2D eigenvalue weighted by Crippen LogP contribution is -2.14. The minimum absolute atomic E-state index is 0. The van der Waals surface area contributed by atoms with Crippen molar-refractivity contribution in [3.63, 3.8) is 0 Å². The number of aromatic nitrogens is 1. The molecular formula is C15H16Cl2FN3O. The Morgan fingerprint density at radius 3 is 2.59 bits per heavy atom. The fourth-order valence-electron chi connectivity index (χ4n) is 2.18. The molecule has 4 N–H and O–H groups in total. The zero-order valence-corrected chi connectivity index (χ0v) is 13.2. The van der Waals surface area contributed by atoms with Gasteiger partial charge in [0.1, 0.15) is 11.6 Å². The van der Waals surface area contributed by atoms with Crippen molar-refractivity contribution in [3.8, 4) is 11.5 Å². The van der Waals surface area contributed by atoms with E-state index in [-0.39, 0.29) is 29.2 Å². The normalized spacial score (nSPS) is 15.0. The molecule has 0 aliphatic heterocycles. The first-order valence-electron chi connectivity index (χ1n) is 6.69. The Kier molecular flexibility index (Phi) is 5.11. The number of pyridine rings is 1. The van der Waals surface area contributed by atoms with Gasteiger partial charge in [0.25, 0.3) is 0 Å². The van der Waals surface area contributed by atoms with Crippen LogP contribution in [0.4, 0.5) is 10.2 Å². The molecule has 1 aliphatic carbocycles. The highest BCUT2D eigenvalue weighted by atomic mass is 35.5. The van der Waals surface area contributed by atoms with Crippen molar-refractivity contribution < 1.29 is 9.13 Å². The molecule has 1 aliphatic rings. The highest BCUT2D eigenvalue weighted by molar-refractivity contribution is 6.32. The first-order valence-corrected chi connectivity index (χ1v) is 7.07. The second kappa shape index (κ2) is 6.69. The van der Waals surface area contributed by atoms with Gasteiger partial charge in [0.15, 0.2) is 11.6 Å². The van der Waals surface area contributed by atoms with E-state index in [4.69, 9.17) is 27.8 Å². The van der Waals surface area contributed by atoms with Gasteiger partial charge in [0, 0.05) is 11.6 Å². The van der Waals surface area contributed by atoms with E-state index in [2.05, 4.69) is 4.98 Å². The Hall–Kier alpha value is -1.56. The summed E-state index contributed by atoms with van der Waals surface area (Å²) >= 11 is 6.03. The third kappa shape index (κ3) is 3.43. The number of hydrogen-bond donors (Lipinski definition) is 2. The Balaban J connectivity index is 0.00000176. The maximum atomic E-state index is 14.6. The number of halogens is 3. The highest BCUT2D eigenvalue weighted by Gasteiger charge is 2.32. The average molecular weight is 344 g/mol. The van der Waals surface area contributed by atoms with Crippen LogP contribution in [-0.4, -0.2) is 4.98 Å². The molecule has 0 unspecified atom stereocenters. The van der Waals surface area contributed by atoms with Gasteiger partial charge in [-0.3, -0.25) is 0 Å². The molecular weight excluding hydrogens is 328 g/mol. The molecule has 1 aromatic carbocycles. The van der Waals surface area contributed by atoms with Gasteiger partial charge in [-0.25, -0.2) is 9.37 Å². The predicted molar refractivity (Wildman–Crippen MR) is 87.0 cm³/mol. The minimum Gasteiger partial charge on any atom is -0.451 e. The van der Waals surface area contributed by atoms with E-state index in [0.29, 0.717) is 23.0 Å². The second-order valence-electron chi connectivity index (χ2n) is 5.16. The van der Waals surface area contributed by atoms with Crippen LogP contribution < -0.4 is 16.2 Å². The van der Waals surface area contributed by atoms with E-state index < -0.39 is 5.82 Å². The van der Waals surface area contributed by atoms with Crippen LogP contribution in [0, 0.1) is 11.7 Å². The van der Waals surface area contributed by atoms with E-state index in [0.717, 1.165) is 12.8 Å². The maximum absolute atomic E-state index is 14.6. The van der Waals surface area contributed by atoms with E-state index >= 15 is 0 Å². The number of anilines is 1. The molecule has 118 valence electrons. The summed E-state index contributed by atoms with van der Waals surface area (Å²) in [6.45, 7) is 0. The summed E-state index contributed by atoms with van der Waals surface area (Å²) in [7, 11) is 0. The van der Waals surface area contributed by atoms with Crippen molar-refractivity contribution in [3.05, 3.63) is 46.9 Å². The van der Waals surface area contributed by atoms with Crippen molar-refractivity contribution in [2.75, 3.05) is 5.73 Å². The summed E-state index contributed by atoms with van der Waals surface area (Å²) in [4.78, 5) is 3.89. The van der Waals surface area contributed by atoms with Crippen molar-refractivity contribution in [2.24, 2.45) is 11.7 Å². The zero-order chi connectivity index (χ0) is 15.0. The summed E-state index contributed by atoms with van der Waals surface area (Å²) in [5.41, 5.74) is 12.0. The quantitative estimate of drug-likeness (QED) is 0.876. The number of nitrogen functional groups attached to an aromatic ring is 1. The van der Waals surface area contributed by atoms with Crippen LogP contribution in [0.25, 0.3) is 0 Å². The smallest absolute Gasteiger partial charge is 0.182 e. The largest absolute Gasteiger partial charge is 0.451 e. The van der Waals surface area contributed by atoms with E-state index in [1.807, 2.05) is 0 Å². The standard InChI is InChI=1S/C15H15ClFN3O.ClH/c16-11-5-4-10(14(19)8-1-2-8)13(17)15(11)21-9-3-6-12(18)20-7-9;/h3-8,14H,1-2,19H2,(H2,18,20);1H/t14-;/m1./s1. The van der Waals surface area contributed by atoms with E-state index in [1.54, 1.807) is 24.3 Å². The summed E-state index contributed by atoms with van der Waals surface area (Å²) < 4.78 is 20.1. The summed E-state index contributed by atoms with van der Waals surface area (Å²) in [5, 5.41) is 0.191. The molecule has 7 heteroatoms. The zero-order valence-electron chi connectivity index (χ0n) is 11.6. The molecule has 1 heterocycles. The lowest BCUT2D eigenvalue weighted by molar-refractivity contribution is 0.431. The molecule has 0 bridgehead atoms.